The topological polar surface area (TPSA) is 96.3 Å². The Labute approximate surface area is 205 Å². The third kappa shape index (κ3) is 6.16. The van der Waals surface area contributed by atoms with E-state index in [1.54, 1.807) is 20.4 Å². The third-order valence-corrected chi connectivity index (χ3v) is 6.07. The zero-order valence-electron chi connectivity index (χ0n) is 20.1. The first-order chi connectivity index (χ1) is 17.1. The molecular weight excluding hydrogens is 448 g/mol. The Morgan fingerprint density at radius 2 is 1.77 bits per heavy atom. The number of carbonyl (C=O) groups is 1. The summed E-state index contributed by atoms with van der Waals surface area (Å²) in [7, 11) is 3.18. The van der Waals surface area contributed by atoms with Crippen LogP contribution in [-0.2, 0) is 17.8 Å². The van der Waals surface area contributed by atoms with E-state index in [2.05, 4.69) is 16.3 Å². The normalized spacial score (nSPS) is 15.5. The van der Waals surface area contributed by atoms with Crippen molar-refractivity contribution in [2.45, 2.75) is 13.0 Å². The maximum atomic E-state index is 12.6. The summed E-state index contributed by atoms with van der Waals surface area (Å²) < 4.78 is 21.4. The van der Waals surface area contributed by atoms with E-state index in [9.17, 15) is 10.1 Å². The van der Waals surface area contributed by atoms with Gasteiger partial charge in [0, 0.05) is 45.5 Å². The second kappa shape index (κ2) is 11.5. The van der Waals surface area contributed by atoms with Crippen molar-refractivity contribution in [3.63, 3.8) is 0 Å². The molecule has 0 spiro atoms. The number of hydrogen-bond donors (Lipinski definition) is 1. The van der Waals surface area contributed by atoms with Gasteiger partial charge in [-0.3, -0.25) is 9.69 Å². The molecule has 2 aromatic rings. The molecule has 0 radical (unpaired) electrons. The number of amides is 1. The molecule has 9 heteroatoms. The van der Waals surface area contributed by atoms with Gasteiger partial charge in [0.2, 0.25) is 6.79 Å². The standard InChI is InChI=1S/C26H30N4O5/c1-32-22-5-3-19(13-24(22)33-2)7-8-28-26(31)21(15-27)17-30-11-9-29(10-12-30)16-20-4-6-23-25(14-20)35-18-34-23/h3-6,13-14,17H,7-12,16,18H2,1-2H3,(H,28,31)/b21-17-. The molecule has 1 amide bonds. The van der Waals surface area contributed by atoms with Gasteiger partial charge in [0.05, 0.1) is 14.2 Å². The Kier molecular flexibility index (Phi) is 7.95. The minimum Gasteiger partial charge on any atom is -0.493 e. The second-order valence-electron chi connectivity index (χ2n) is 8.35. The fourth-order valence-electron chi connectivity index (χ4n) is 4.12. The summed E-state index contributed by atoms with van der Waals surface area (Å²) in [6, 6.07) is 13.7. The van der Waals surface area contributed by atoms with Gasteiger partial charge in [0.1, 0.15) is 11.6 Å². The van der Waals surface area contributed by atoms with Crippen molar-refractivity contribution < 1.29 is 23.7 Å². The van der Waals surface area contributed by atoms with Crippen LogP contribution >= 0.6 is 0 Å². The average Bonchev–Trinajstić information content (AvgIpc) is 3.36. The number of piperazine rings is 1. The summed E-state index contributed by atoms with van der Waals surface area (Å²) in [5.74, 6) is 2.52. The molecule has 4 rings (SSSR count). The number of rotatable bonds is 9. The van der Waals surface area contributed by atoms with E-state index in [1.807, 2.05) is 41.3 Å². The van der Waals surface area contributed by atoms with E-state index in [0.29, 0.717) is 24.5 Å². The molecular formula is C26H30N4O5. The number of ether oxygens (including phenoxy) is 4. The van der Waals surface area contributed by atoms with Crippen molar-refractivity contribution in [3.8, 4) is 29.1 Å². The number of fused-ring (bicyclic) bond motifs is 1. The van der Waals surface area contributed by atoms with Gasteiger partial charge in [-0.25, -0.2) is 0 Å². The zero-order valence-corrected chi connectivity index (χ0v) is 20.1. The molecule has 0 unspecified atom stereocenters. The lowest BCUT2D eigenvalue weighted by Crippen LogP contribution is -2.44. The molecule has 1 N–H and O–H groups in total. The lowest BCUT2D eigenvalue weighted by Gasteiger charge is -2.34. The molecule has 1 saturated heterocycles. The van der Waals surface area contributed by atoms with Crippen molar-refractivity contribution in [2.24, 2.45) is 0 Å². The monoisotopic (exact) mass is 478 g/mol. The van der Waals surface area contributed by atoms with Crippen LogP contribution in [0.25, 0.3) is 0 Å². The molecule has 9 nitrogen and oxygen atoms in total. The van der Waals surface area contributed by atoms with Crippen LogP contribution in [0.15, 0.2) is 48.2 Å². The molecule has 2 aliphatic heterocycles. The molecule has 1 fully saturated rings. The lowest BCUT2D eigenvalue weighted by atomic mass is 10.1. The van der Waals surface area contributed by atoms with Crippen LogP contribution in [0, 0.1) is 11.3 Å². The quantitative estimate of drug-likeness (QED) is 0.433. The average molecular weight is 479 g/mol. The number of nitriles is 1. The van der Waals surface area contributed by atoms with Gasteiger partial charge in [0.15, 0.2) is 23.0 Å². The van der Waals surface area contributed by atoms with Crippen molar-refractivity contribution in [1.29, 1.82) is 5.26 Å². The lowest BCUT2D eigenvalue weighted by molar-refractivity contribution is -0.117. The van der Waals surface area contributed by atoms with E-state index in [1.165, 1.54) is 5.56 Å². The second-order valence-corrected chi connectivity index (χ2v) is 8.35. The molecule has 2 heterocycles. The fraction of sp³-hybridized carbons (Fsp3) is 0.385. The maximum absolute atomic E-state index is 12.6. The van der Waals surface area contributed by atoms with E-state index < -0.39 is 0 Å². The van der Waals surface area contributed by atoms with Crippen LogP contribution in [0.3, 0.4) is 0 Å². The first-order valence-electron chi connectivity index (χ1n) is 11.6. The van der Waals surface area contributed by atoms with E-state index in [-0.39, 0.29) is 18.3 Å². The third-order valence-electron chi connectivity index (χ3n) is 6.07. The molecule has 0 aromatic heterocycles. The van der Waals surface area contributed by atoms with Crippen LogP contribution in [0.5, 0.6) is 23.0 Å². The van der Waals surface area contributed by atoms with E-state index in [4.69, 9.17) is 18.9 Å². The summed E-state index contributed by atoms with van der Waals surface area (Å²) in [6.07, 6.45) is 2.28. The highest BCUT2D eigenvalue weighted by molar-refractivity contribution is 5.97. The molecule has 0 atom stereocenters. The van der Waals surface area contributed by atoms with Gasteiger partial charge in [-0.05, 0) is 41.8 Å². The summed E-state index contributed by atoms with van der Waals surface area (Å²) >= 11 is 0. The Balaban J connectivity index is 1.24. The van der Waals surface area contributed by atoms with Gasteiger partial charge in [-0.2, -0.15) is 5.26 Å². The zero-order chi connectivity index (χ0) is 24.6. The smallest absolute Gasteiger partial charge is 0.263 e. The SMILES string of the molecule is COc1ccc(CCNC(=O)/C(C#N)=C\N2CCN(Cc3ccc4c(c3)OCO4)CC2)cc1OC. The Morgan fingerprint density at radius 1 is 1.03 bits per heavy atom. The number of hydrogen-bond acceptors (Lipinski definition) is 8. The van der Waals surface area contributed by atoms with Crippen LogP contribution in [0.4, 0.5) is 0 Å². The Morgan fingerprint density at radius 3 is 2.51 bits per heavy atom. The predicted molar refractivity (Wildman–Crippen MR) is 129 cm³/mol. The minimum atomic E-state index is -0.365. The van der Waals surface area contributed by atoms with Crippen molar-refractivity contribution >= 4 is 5.91 Å². The van der Waals surface area contributed by atoms with Gasteiger partial charge in [0.25, 0.3) is 5.91 Å². The number of methoxy groups -OCH3 is 2. The summed E-state index contributed by atoms with van der Waals surface area (Å²) in [5, 5.41) is 12.4. The van der Waals surface area contributed by atoms with Crippen LogP contribution in [-0.4, -0.2) is 69.4 Å². The van der Waals surface area contributed by atoms with Gasteiger partial charge in [-0.15, -0.1) is 0 Å². The summed E-state index contributed by atoms with van der Waals surface area (Å²) in [6.45, 7) is 4.67. The van der Waals surface area contributed by atoms with Crippen molar-refractivity contribution in [2.75, 3.05) is 53.7 Å². The summed E-state index contributed by atoms with van der Waals surface area (Å²) in [5.41, 5.74) is 2.29. The van der Waals surface area contributed by atoms with E-state index in [0.717, 1.165) is 49.8 Å². The highest BCUT2D eigenvalue weighted by atomic mass is 16.7. The highest BCUT2D eigenvalue weighted by Crippen LogP contribution is 2.33. The first-order valence-corrected chi connectivity index (χ1v) is 11.6. The minimum absolute atomic E-state index is 0.113. The first kappa shape index (κ1) is 24.2. The molecule has 35 heavy (non-hydrogen) atoms. The summed E-state index contributed by atoms with van der Waals surface area (Å²) in [4.78, 5) is 16.9. The fourth-order valence-corrected chi connectivity index (χ4v) is 4.12. The Bertz CT molecular complexity index is 1120. The number of nitrogens with zero attached hydrogens (tertiary/aromatic N) is 3. The largest absolute Gasteiger partial charge is 0.493 e. The highest BCUT2D eigenvalue weighted by Gasteiger charge is 2.19. The molecule has 184 valence electrons. The number of carbonyl (C=O) groups excluding carboxylic acids is 1. The van der Waals surface area contributed by atoms with E-state index >= 15 is 0 Å². The van der Waals surface area contributed by atoms with Crippen molar-refractivity contribution in [3.05, 3.63) is 59.3 Å². The number of nitrogens with one attached hydrogen (secondary N) is 1. The molecule has 0 saturated carbocycles. The van der Waals surface area contributed by atoms with Crippen molar-refractivity contribution in [1.82, 2.24) is 15.1 Å². The Hall–Kier alpha value is -3.90. The van der Waals surface area contributed by atoms with Crippen LogP contribution in [0.2, 0.25) is 0 Å². The number of benzene rings is 2. The molecule has 2 aliphatic rings. The van der Waals surface area contributed by atoms with Crippen LogP contribution in [0.1, 0.15) is 11.1 Å². The van der Waals surface area contributed by atoms with Gasteiger partial charge >= 0.3 is 0 Å². The maximum Gasteiger partial charge on any atom is 0.263 e. The molecule has 2 aromatic carbocycles. The predicted octanol–water partition coefficient (Wildman–Crippen LogP) is 2.32. The van der Waals surface area contributed by atoms with Gasteiger partial charge < -0.3 is 29.2 Å². The molecule has 0 bridgehead atoms. The van der Waals surface area contributed by atoms with Crippen LogP contribution < -0.4 is 24.3 Å². The van der Waals surface area contributed by atoms with Gasteiger partial charge in [-0.1, -0.05) is 12.1 Å². The molecule has 0 aliphatic carbocycles.